The van der Waals surface area contributed by atoms with Gasteiger partial charge in [-0.05, 0) is 38.6 Å². The van der Waals surface area contributed by atoms with Gasteiger partial charge in [0.25, 0.3) is 0 Å². The molecule has 0 saturated heterocycles. The molecule has 1 aliphatic rings. The third-order valence-electron chi connectivity index (χ3n) is 4.31. The number of aliphatic hydroxyl groups is 1. The molecule has 1 atom stereocenters. The van der Waals surface area contributed by atoms with E-state index in [4.69, 9.17) is 0 Å². The van der Waals surface area contributed by atoms with Crippen molar-refractivity contribution in [1.29, 1.82) is 0 Å². The number of nitrogens with zero attached hydrogens (tertiary/aromatic N) is 1. The monoisotopic (exact) mass is 256 g/mol. The molecular weight excluding hydrogens is 224 g/mol. The lowest BCUT2D eigenvalue weighted by Gasteiger charge is -2.36. The zero-order chi connectivity index (χ0) is 13.5. The van der Waals surface area contributed by atoms with Crippen molar-refractivity contribution in [2.45, 2.75) is 71.0 Å². The van der Waals surface area contributed by atoms with Crippen molar-refractivity contribution in [2.24, 2.45) is 5.92 Å². The molecule has 1 unspecified atom stereocenters. The van der Waals surface area contributed by atoms with E-state index >= 15 is 0 Å². The van der Waals surface area contributed by atoms with Crippen LogP contribution in [0.4, 0.5) is 0 Å². The molecule has 0 aromatic rings. The first-order valence-electron chi connectivity index (χ1n) is 7.63. The van der Waals surface area contributed by atoms with Gasteiger partial charge in [-0.3, -0.25) is 0 Å². The number of rotatable bonds is 7. The summed E-state index contributed by atoms with van der Waals surface area (Å²) in [6.07, 6.45) is 6.76. The van der Waals surface area contributed by atoms with Gasteiger partial charge in [0.05, 0.1) is 6.61 Å². The molecule has 108 valence electrons. The molecule has 0 amide bonds. The maximum atomic E-state index is 9.41. The van der Waals surface area contributed by atoms with Gasteiger partial charge in [-0.2, -0.15) is 0 Å². The Balaban J connectivity index is 2.33. The van der Waals surface area contributed by atoms with E-state index in [0.29, 0.717) is 6.04 Å². The molecule has 3 heteroatoms. The quantitative estimate of drug-likeness (QED) is 0.733. The molecule has 1 rings (SSSR count). The van der Waals surface area contributed by atoms with Gasteiger partial charge in [0.1, 0.15) is 0 Å². The average molecular weight is 256 g/mol. The van der Waals surface area contributed by atoms with E-state index in [1.54, 1.807) is 0 Å². The Morgan fingerprint density at radius 2 is 1.83 bits per heavy atom. The van der Waals surface area contributed by atoms with E-state index in [9.17, 15) is 5.11 Å². The maximum absolute atomic E-state index is 9.41. The first-order valence-corrected chi connectivity index (χ1v) is 7.63. The van der Waals surface area contributed by atoms with E-state index in [-0.39, 0.29) is 12.6 Å². The highest BCUT2D eigenvalue weighted by Gasteiger charge is 2.24. The minimum atomic E-state index is 0.207. The first-order chi connectivity index (χ1) is 8.56. The Labute approximate surface area is 113 Å². The van der Waals surface area contributed by atoms with Crippen LogP contribution in [0.3, 0.4) is 0 Å². The Kier molecular flexibility index (Phi) is 7.20. The largest absolute Gasteiger partial charge is 0.395 e. The fourth-order valence-corrected chi connectivity index (χ4v) is 3.13. The molecule has 0 heterocycles. The SMILES string of the molecule is CCC1CCC(N(C)CC(CO)NC(C)C)CC1. The molecule has 0 aliphatic heterocycles. The van der Waals surface area contributed by atoms with Crippen molar-refractivity contribution in [3.05, 3.63) is 0 Å². The number of hydrogen-bond donors (Lipinski definition) is 2. The van der Waals surface area contributed by atoms with Gasteiger partial charge in [0.2, 0.25) is 0 Å². The fraction of sp³-hybridized carbons (Fsp3) is 1.00. The predicted octanol–water partition coefficient (Wildman–Crippen LogP) is 2.25. The van der Waals surface area contributed by atoms with E-state index in [0.717, 1.165) is 18.5 Å². The van der Waals surface area contributed by atoms with E-state index in [2.05, 4.69) is 38.0 Å². The Morgan fingerprint density at radius 1 is 1.22 bits per heavy atom. The lowest BCUT2D eigenvalue weighted by atomic mass is 9.84. The topological polar surface area (TPSA) is 35.5 Å². The highest BCUT2D eigenvalue weighted by molar-refractivity contribution is 4.81. The molecule has 0 aromatic carbocycles. The minimum Gasteiger partial charge on any atom is -0.395 e. The van der Waals surface area contributed by atoms with E-state index < -0.39 is 0 Å². The van der Waals surface area contributed by atoms with Gasteiger partial charge >= 0.3 is 0 Å². The van der Waals surface area contributed by atoms with Crippen LogP contribution in [-0.4, -0.2) is 48.3 Å². The molecule has 3 nitrogen and oxygen atoms in total. The summed E-state index contributed by atoms with van der Waals surface area (Å²) in [6, 6.07) is 1.36. The highest BCUT2D eigenvalue weighted by Crippen LogP contribution is 2.28. The highest BCUT2D eigenvalue weighted by atomic mass is 16.3. The molecule has 1 saturated carbocycles. The smallest absolute Gasteiger partial charge is 0.0597 e. The van der Waals surface area contributed by atoms with Crippen LogP contribution in [-0.2, 0) is 0 Å². The van der Waals surface area contributed by atoms with Gasteiger partial charge in [0, 0.05) is 24.7 Å². The number of aliphatic hydroxyl groups excluding tert-OH is 1. The van der Waals surface area contributed by atoms with Crippen LogP contribution in [0, 0.1) is 5.92 Å². The summed E-state index contributed by atoms with van der Waals surface area (Å²) in [5, 5.41) is 12.8. The summed E-state index contributed by atoms with van der Waals surface area (Å²) in [7, 11) is 2.21. The molecule has 0 radical (unpaired) electrons. The van der Waals surface area contributed by atoms with Crippen LogP contribution in [0.25, 0.3) is 0 Å². The minimum absolute atomic E-state index is 0.207. The molecule has 0 spiro atoms. The third-order valence-corrected chi connectivity index (χ3v) is 4.31. The van der Waals surface area contributed by atoms with Crippen LogP contribution in [0.5, 0.6) is 0 Å². The number of hydrogen-bond acceptors (Lipinski definition) is 3. The van der Waals surface area contributed by atoms with Crippen LogP contribution >= 0.6 is 0 Å². The summed E-state index contributed by atoms with van der Waals surface area (Å²) < 4.78 is 0. The molecule has 1 fully saturated rings. The Bertz CT molecular complexity index is 213. The molecule has 18 heavy (non-hydrogen) atoms. The first kappa shape index (κ1) is 15.9. The van der Waals surface area contributed by atoms with E-state index in [1.807, 2.05) is 0 Å². The summed E-state index contributed by atoms with van der Waals surface area (Å²) in [4.78, 5) is 2.45. The second kappa shape index (κ2) is 8.13. The Morgan fingerprint density at radius 3 is 2.28 bits per heavy atom. The third kappa shape index (κ3) is 5.25. The summed E-state index contributed by atoms with van der Waals surface area (Å²) >= 11 is 0. The van der Waals surface area contributed by atoms with Crippen molar-refractivity contribution >= 4 is 0 Å². The van der Waals surface area contributed by atoms with Gasteiger partial charge in [-0.1, -0.05) is 27.2 Å². The molecule has 0 bridgehead atoms. The lowest BCUT2D eigenvalue weighted by Crippen LogP contribution is -2.48. The van der Waals surface area contributed by atoms with Gasteiger partial charge < -0.3 is 15.3 Å². The van der Waals surface area contributed by atoms with Crippen LogP contribution in [0.1, 0.15) is 52.9 Å². The van der Waals surface area contributed by atoms with Gasteiger partial charge in [-0.15, -0.1) is 0 Å². The van der Waals surface area contributed by atoms with Gasteiger partial charge in [-0.25, -0.2) is 0 Å². The van der Waals surface area contributed by atoms with Crippen molar-refractivity contribution in [2.75, 3.05) is 20.2 Å². The summed E-state index contributed by atoms with van der Waals surface area (Å²) in [6.45, 7) is 7.76. The molecular formula is C15H32N2O. The maximum Gasteiger partial charge on any atom is 0.0597 e. The number of likely N-dealkylation sites (N-methyl/N-ethyl adjacent to an activating group) is 1. The van der Waals surface area contributed by atoms with Crippen molar-refractivity contribution in [3.63, 3.8) is 0 Å². The molecule has 1 aliphatic carbocycles. The molecule has 2 N–H and O–H groups in total. The zero-order valence-corrected chi connectivity index (χ0v) is 12.7. The standard InChI is InChI=1S/C15H32N2O/c1-5-13-6-8-15(9-7-13)17(4)10-14(11-18)16-12(2)3/h12-16,18H,5-11H2,1-4H3. The number of nitrogens with one attached hydrogen (secondary N) is 1. The second-order valence-corrected chi connectivity index (χ2v) is 6.22. The van der Waals surface area contributed by atoms with Crippen molar-refractivity contribution in [1.82, 2.24) is 10.2 Å². The summed E-state index contributed by atoms with van der Waals surface area (Å²) in [5.41, 5.74) is 0. The normalized spacial score (nSPS) is 26.8. The van der Waals surface area contributed by atoms with Crippen LogP contribution in [0.2, 0.25) is 0 Å². The predicted molar refractivity (Wildman–Crippen MR) is 77.8 cm³/mol. The Hall–Kier alpha value is -0.120. The lowest BCUT2D eigenvalue weighted by molar-refractivity contribution is 0.128. The van der Waals surface area contributed by atoms with E-state index in [1.165, 1.54) is 32.1 Å². The average Bonchev–Trinajstić information content (AvgIpc) is 2.37. The molecule has 0 aromatic heterocycles. The second-order valence-electron chi connectivity index (χ2n) is 6.22. The van der Waals surface area contributed by atoms with Crippen molar-refractivity contribution in [3.8, 4) is 0 Å². The fourth-order valence-electron chi connectivity index (χ4n) is 3.13. The summed E-state index contributed by atoms with van der Waals surface area (Å²) in [5.74, 6) is 0.956. The van der Waals surface area contributed by atoms with Crippen LogP contribution in [0.15, 0.2) is 0 Å². The van der Waals surface area contributed by atoms with Crippen molar-refractivity contribution < 1.29 is 5.11 Å². The zero-order valence-electron chi connectivity index (χ0n) is 12.7. The van der Waals surface area contributed by atoms with Crippen LogP contribution < -0.4 is 5.32 Å². The van der Waals surface area contributed by atoms with Gasteiger partial charge in [0.15, 0.2) is 0 Å².